The van der Waals surface area contributed by atoms with Crippen LogP contribution in [0.1, 0.15) is 5.69 Å². The summed E-state index contributed by atoms with van der Waals surface area (Å²) < 4.78 is 31.0. The Hall–Kier alpha value is -1.78. The van der Waals surface area contributed by atoms with Crippen LogP contribution in [0.3, 0.4) is 0 Å². The number of carbonyl (C=O) groups excluding carboxylic acids is 3. The first kappa shape index (κ1) is 22.3. The van der Waals surface area contributed by atoms with Crippen LogP contribution in [0.25, 0.3) is 0 Å². The van der Waals surface area contributed by atoms with E-state index in [1.165, 1.54) is 5.38 Å². The van der Waals surface area contributed by atoms with Gasteiger partial charge in [-0.1, -0.05) is 5.16 Å². The number of nitrogen functional groups attached to an aromatic ring is 1. The van der Waals surface area contributed by atoms with Crippen molar-refractivity contribution in [2.75, 3.05) is 12.8 Å². The predicted molar refractivity (Wildman–Crippen MR) is 90.5 cm³/mol. The summed E-state index contributed by atoms with van der Waals surface area (Å²) in [4.78, 5) is 43.8. The van der Waals surface area contributed by atoms with Gasteiger partial charge < -0.3 is 21.6 Å². The van der Waals surface area contributed by atoms with Gasteiger partial charge in [-0.2, -0.15) is 12.7 Å². The Kier molecular flexibility index (Phi) is 7.09. The molecule has 1 fully saturated rings. The molecule has 0 aliphatic carbocycles. The number of primary amides is 1. The molecule has 1 aliphatic heterocycles. The molecule has 0 bridgehead atoms. The van der Waals surface area contributed by atoms with Gasteiger partial charge in [0.2, 0.25) is 5.91 Å². The molecule has 0 aromatic carbocycles. The van der Waals surface area contributed by atoms with Gasteiger partial charge in [0.25, 0.3) is 11.8 Å². The van der Waals surface area contributed by atoms with Crippen molar-refractivity contribution in [1.82, 2.24) is 14.6 Å². The predicted octanol–water partition coefficient (Wildman–Crippen LogP) is -3.59. The van der Waals surface area contributed by atoms with Gasteiger partial charge in [0.1, 0.15) is 18.8 Å². The number of nitrogens with one attached hydrogen (secondary N) is 1. The van der Waals surface area contributed by atoms with Crippen molar-refractivity contribution >= 4 is 79.8 Å². The molecule has 0 spiro atoms. The Labute approximate surface area is 172 Å². The molecule has 6 N–H and O–H groups in total. The van der Waals surface area contributed by atoms with E-state index in [4.69, 9.17) is 16.0 Å². The fourth-order valence-electron chi connectivity index (χ4n) is 2.04. The maximum absolute atomic E-state index is 12.3. The topological polar surface area (TPSA) is 207 Å². The molecule has 1 aliphatic rings. The zero-order chi connectivity index (χ0) is 18.9. The van der Waals surface area contributed by atoms with E-state index in [2.05, 4.69) is 20.3 Å². The fraction of sp³-hybridized carbons (Fsp3) is 0.300. The Morgan fingerprint density at radius 3 is 2.54 bits per heavy atom. The third kappa shape index (κ3) is 4.30. The fourth-order valence-corrected chi connectivity index (χ4v) is 3.44. The van der Waals surface area contributed by atoms with Gasteiger partial charge in [-0.3, -0.25) is 18.9 Å². The molecule has 16 heteroatoms. The van der Waals surface area contributed by atoms with Crippen LogP contribution in [-0.4, -0.2) is 94.4 Å². The average molecular weight is 416 g/mol. The van der Waals surface area contributed by atoms with Gasteiger partial charge in [0, 0.05) is 5.38 Å². The minimum absolute atomic E-state index is 0. The number of β-lactam (4-membered cyclic amide) rings is 1. The number of hydrogen-bond acceptors (Lipinski definition) is 10. The second-order valence-electron chi connectivity index (χ2n) is 4.60. The number of anilines is 1. The van der Waals surface area contributed by atoms with Crippen molar-refractivity contribution in [2.24, 2.45) is 10.9 Å². The van der Waals surface area contributed by atoms with E-state index in [9.17, 15) is 22.8 Å². The summed E-state index contributed by atoms with van der Waals surface area (Å²) in [7, 11) is -3.85. The second-order valence-corrected chi connectivity index (χ2v) is 6.78. The van der Waals surface area contributed by atoms with Crippen molar-refractivity contribution in [2.45, 2.75) is 12.1 Å². The summed E-state index contributed by atoms with van der Waals surface area (Å²) in [5.41, 5.74) is 10.2. The first-order valence-electron chi connectivity index (χ1n) is 6.31. The van der Waals surface area contributed by atoms with Crippen LogP contribution in [0, 0.1) is 0 Å². The monoisotopic (exact) mass is 416 g/mol. The van der Waals surface area contributed by atoms with Gasteiger partial charge in [0.15, 0.2) is 16.9 Å². The van der Waals surface area contributed by atoms with E-state index in [0.717, 1.165) is 18.4 Å². The molecule has 138 valence electrons. The molecule has 13 nitrogen and oxygen atoms in total. The van der Waals surface area contributed by atoms with E-state index >= 15 is 0 Å². The Balaban J connectivity index is 0.00000338. The van der Waals surface area contributed by atoms with Crippen molar-refractivity contribution < 1.29 is 32.2 Å². The van der Waals surface area contributed by atoms with Crippen molar-refractivity contribution in [1.29, 1.82) is 0 Å². The summed E-state index contributed by atoms with van der Waals surface area (Å²) in [6.07, 6.45) is 0. The second kappa shape index (κ2) is 8.28. The molecule has 26 heavy (non-hydrogen) atoms. The van der Waals surface area contributed by atoms with E-state index < -0.39 is 40.1 Å². The van der Waals surface area contributed by atoms with Gasteiger partial charge in [-0.05, 0) is 0 Å². The Morgan fingerprint density at radius 2 is 2.12 bits per heavy atom. The first-order chi connectivity index (χ1) is 11.6. The van der Waals surface area contributed by atoms with Crippen LogP contribution in [0.5, 0.6) is 0 Å². The number of hydrogen-bond donors (Lipinski definition) is 4. The Bertz CT molecular complexity index is 869. The molecule has 2 atom stereocenters. The molecule has 1 saturated heterocycles. The molecule has 0 radical (unpaired) electrons. The zero-order valence-electron chi connectivity index (χ0n) is 12.4. The maximum atomic E-state index is 12.3. The van der Waals surface area contributed by atoms with Crippen LogP contribution in [0.15, 0.2) is 10.5 Å². The summed E-state index contributed by atoms with van der Waals surface area (Å²) in [5, 5.41) is 7.10. The number of nitrogens with zero attached hydrogens (tertiary/aromatic N) is 3. The molecule has 3 amide bonds. The number of rotatable bonds is 6. The van der Waals surface area contributed by atoms with E-state index in [0.29, 0.717) is 0 Å². The normalized spacial score (nSPS) is 20.0. The molecule has 0 saturated carbocycles. The van der Waals surface area contributed by atoms with Crippen LogP contribution in [0.4, 0.5) is 5.13 Å². The standard InChI is InChI=1S/C10H12N6O7S2.Na.H/c1-23-15-4(3-2-24-10(12)13-3)8(18)14-5-6(7(11)17)16(9(5)19)25(20,21)22;;/h2,5-6H,1H3,(H2,11,17)(H2,12,13)(H,14,18)(H,20,21,22);;/t5-,6-;;/m0../s1. The zero-order valence-corrected chi connectivity index (χ0v) is 14.1. The van der Waals surface area contributed by atoms with E-state index in [1.807, 2.05) is 0 Å². The number of aromatic nitrogens is 1. The quantitative estimate of drug-likeness (QED) is 0.119. The van der Waals surface area contributed by atoms with Crippen LogP contribution < -0.4 is 16.8 Å². The third-order valence-corrected chi connectivity index (χ3v) is 4.62. The van der Waals surface area contributed by atoms with Crippen LogP contribution >= 0.6 is 11.3 Å². The van der Waals surface area contributed by atoms with E-state index in [1.54, 1.807) is 0 Å². The number of amides is 3. The number of nitrogens with two attached hydrogens (primary N) is 2. The molecule has 0 unspecified atom stereocenters. The summed E-state index contributed by atoms with van der Waals surface area (Å²) >= 11 is 1.01. The summed E-state index contributed by atoms with van der Waals surface area (Å²) in [6, 6.07) is -3.39. The van der Waals surface area contributed by atoms with Gasteiger partial charge in [-0.25, -0.2) is 4.98 Å². The number of thiazole rings is 1. The first-order valence-corrected chi connectivity index (χ1v) is 8.59. The molecular formula is C10H13N6NaO7S2. The molecule has 1 aromatic rings. The third-order valence-electron chi connectivity index (χ3n) is 3.04. The van der Waals surface area contributed by atoms with Gasteiger partial charge in [0.05, 0.1) is 0 Å². The molecule has 2 heterocycles. The minimum atomic E-state index is -5.01. The molecular weight excluding hydrogens is 403 g/mol. The van der Waals surface area contributed by atoms with Gasteiger partial charge in [-0.15, -0.1) is 11.3 Å². The SMILES string of the molecule is CON=C(C(=O)N[C@@H]1C(=O)N(S(=O)(=O)O)[C@@H]1C(N)=O)c1csc(N)n1.[NaH]. The number of carbonyl (C=O) groups is 3. The van der Waals surface area contributed by atoms with Crippen LogP contribution in [-0.2, 0) is 29.5 Å². The number of oxime groups is 1. The Morgan fingerprint density at radius 1 is 1.50 bits per heavy atom. The summed E-state index contributed by atoms with van der Waals surface area (Å²) in [5.74, 6) is -3.48. The average Bonchev–Trinajstić information content (AvgIpc) is 2.91. The van der Waals surface area contributed by atoms with Crippen molar-refractivity contribution in [3.63, 3.8) is 0 Å². The molecule has 2 rings (SSSR count). The van der Waals surface area contributed by atoms with Crippen LogP contribution in [0.2, 0.25) is 0 Å². The molecule has 1 aromatic heterocycles. The van der Waals surface area contributed by atoms with E-state index in [-0.39, 0.29) is 50.4 Å². The summed E-state index contributed by atoms with van der Waals surface area (Å²) in [6.45, 7) is 0. The van der Waals surface area contributed by atoms with Gasteiger partial charge >= 0.3 is 39.9 Å². The van der Waals surface area contributed by atoms with Crippen molar-refractivity contribution in [3.05, 3.63) is 11.1 Å². The van der Waals surface area contributed by atoms with Crippen molar-refractivity contribution in [3.8, 4) is 0 Å².